The minimum atomic E-state index is 0.447. The van der Waals surface area contributed by atoms with Crippen molar-refractivity contribution < 1.29 is 4.74 Å². The average molecular weight is 285 g/mol. The summed E-state index contributed by atoms with van der Waals surface area (Å²) in [7, 11) is 1.82. The van der Waals surface area contributed by atoms with E-state index in [0.717, 1.165) is 19.4 Å². The molecule has 1 aromatic heterocycles. The van der Waals surface area contributed by atoms with E-state index < -0.39 is 0 Å². The van der Waals surface area contributed by atoms with Gasteiger partial charge in [-0.15, -0.1) is 0 Å². The Kier molecular flexibility index (Phi) is 4.55. The van der Waals surface area contributed by atoms with E-state index in [0.29, 0.717) is 12.1 Å². The van der Waals surface area contributed by atoms with Gasteiger partial charge in [-0.1, -0.05) is 18.2 Å². The van der Waals surface area contributed by atoms with Crippen molar-refractivity contribution in [3.05, 3.63) is 48.3 Å². The van der Waals surface area contributed by atoms with Crippen molar-refractivity contribution >= 4 is 5.69 Å². The van der Waals surface area contributed by atoms with Gasteiger partial charge in [0, 0.05) is 31.2 Å². The molecule has 0 saturated heterocycles. The zero-order valence-corrected chi connectivity index (χ0v) is 12.5. The predicted molar refractivity (Wildman–Crippen MR) is 84.4 cm³/mol. The van der Waals surface area contributed by atoms with Gasteiger partial charge in [-0.3, -0.25) is 4.68 Å². The minimum absolute atomic E-state index is 0.447. The molecule has 0 unspecified atom stereocenters. The third-order valence-corrected chi connectivity index (χ3v) is 4.28. The maximum atomic E-state index is 5.44. The molecule has 0 atom stereocenters. The largest absolute Gasteiger partial charge is 0.382 e. The number of para-hydroxylation sites is 1. The first-order chi connectivity index (χ1) is 10.3. The lowest BCUT2D eigenvalue weighted by Gasteiger charge is -2.29. The summed E-state index contributed by atoms with van der Waals surface area (Å²) in [5, 5.41) is 8.00. The number of anilines is 1. The second-order valence-electron chi connectivity index (χ2n) is 5.71. The highest BCUT2D eigenvalue weighted by Crippen LogP contribution is 2.25. The van der Waals surface area contributed by atoms with Crippen molar-refractivity contribution in [1.82, 2.24) is 9.78 Å². The molecule has 0 bridgehead atoms. The van der Waals surface area contributed by atoms with Crippen LogP contribution in [0.1, 0.15) is 31.2 Å². The summed E-state index contributed by atoms with van der Waals surface area (Å²) in [6.45, 7) is 0.809. The number of hydrogen-bond acceptors (Lipinski definition) is 3. The molecule has 0 amide bonds. The van der Waals surface area contributed by atoms with E-state index in [1.807, 2.05) is 30.3 Å². The van der Waals surface area contributed by atoms with Crippen molar-refractivity contribution in [3.63, 3.8) is 0 Å². The van der Waals surface area contributed by atoms with Crippen LogP contribution in [0.3, 0.4) is 0 Å². The zero-order chi connectivity index (χ0) is 14.5. The van der Waals surface area contributed by atoms with Crippen LogP contribution in [0.15, 0.2) is 42.7 Å². The fraction of sp³-hybridized carbons (Fsp3) is 0.471. The molecule has 1 aliphatic carbocycles. The quantitative estimate of drug-likeness (QED) is 0.916. The summed E-state index contributed by atoms with van der Waals surface area (Å²) in [5.41, 5.74) is 2.52. The number of nitrogens with one attached hydrogen (secondary N) is 1. The molecule has 112 valence electrons. The van der Waals surface area contributed by atoms with E-state index in [2.05, 4.69) is 34.7 Å². The van der Waals surface area contributed by atoms with Crippen molar-refractivity contribution in [2.45, 2.75) is 44.4 Å². The Hall–Kier alpha value is -1.81. The Balaban J connectivity index is 1.65. The predicted octanol–water partition coefficient (Wildman–Crippen LogP) is 3.30. The number of benzene rings is 1. The molecule has 1 heterocycles. The Bertz CT molecular complexity index is 545. The van der Waals surface area contributed by atoms with Gasteiger partial charge in [-0.25, -0.2) is 0 Å². The number of aromatic nitrogens is 2. The number of nitrogens with zero attached hydrogens (tertiary/aromatic N) is 2. The molecule has 0 radical (unpaired) electrons. The van der Waals surface area contributed by atoms with Crippen molar-refractivity contribution in [3.8, 4) is 0 Å². The SMILES string of the molecule is COC1CCC(Nc2ccccc2Cn2cccn2)CC1. The maximum Gasteiger partial charge on any atom is 0.0679 e. The topological polar surface area (TPSA) is 39.1 Å². The molecule has 4 heteroatoms. The Morgan fingerprint density at radius 2 is 2.00 bits per heavy atom. The Morgan fingerprint density at radius 3 is 2.71 bits per heavy atom. The third-order valence-electron chi connectivity index (χ3n) is 4.28. The van der Waals surface area contributed by atoms with E-state index in [-0.39, 0.29) is 0 Å². The molecule has 21 heavy (non-hydrogen) atoms. The lowest BCUT2D eigenvalue weighted by Crippen LogP contribution is -2.29. The third kappa shape index (κ3) is 3.64. The maximum absolute atomic E-state index is 5.44. The molecular weight excluding hydrogens is 262 g/mol. The molecule has 3 rings (SSSR count). The molecule has 1 saturated carbocycles. The molecule has 2 aromatic rings. The van der Waals surface area contributed by atoms with Crippen LogP contribution in [0.25, 0.3) is 0 Å². The summed E-state index contributed by atoms with van der Waals surface area (Å²) < 4.78 is 7.40. The molecule has 0 aliphatic heterocycles. The normalized spacial score (nSPS) is 22.1. The second kappa shape index (κ2) is 6.76. The molecule has 0 spiro atoms. The number of hydrogen-bond donors (Lipinski definition) is 1. The smallest absolute Gasteiger partial charge is 0.0679 e. The molecule has 1 N–H and O–H groups in total. The van der Waals surface area contributed by atoms with Crippen LogP contribution in [0.2, 0.25) is 0 Å². The van der Waals surface area contributed by atoms with E-state index in [1.165, 1.54) is 24.1 Å². The van der Waals surface area contributed by atoms with Gasteiger partial charge in [0.2, 0.25) is 0 Å². The van der Waals surface area contributed by atoms with E-state index in [1.54, 1.807) is 0 Å². The summed E-state index contributed by atoms with van der Waals surface area (Å²) in [6, 6.07) is 11.0. The zero-order valence-electron chi connectivity index (χ0n) is 12.5. The van der Waals surface area contributed by atoms with Crippen molar-refractivity contribution in [2.24, 2.45) is 0 Å². The fourth-order valence-corrected chi connectivity index (χ4v) is 3.03. The molecular formula is C17H23N3O. The second-order valence-corrected chi connectivity index (χ2v) is 5.71. The minimum Gasteiger partial charge on any atom is -0.382 e. The number of rotatable bonds is 5. The lowest BCUT2D eigenvalue weighted by molar-refractivity contribution is 0.0682. The average Bonchev–Trinajstić information content (AvgIpc) is 3.03. The van der Waals surface area contributed by atoms with Gasteiger partial charge in [-0.05, 0) is 43.4 Å². The molecule has 4 nitrogen and oxygen atoms in total. The fourth-order valence-electron chi connectivity index (χ4n) is 3.03. The summed E-state index contributed by atoms with van der Waals surface area (Å²) in [4.78, 5) is 0. The van der Waals surface area contributed by atoms with Crippen LogP contribution >= 0.6 is 0 Å². The highest BCUT2D eigenvalue weighted by Gasteiger charge is 2.21. The summed E-state index contributed by atoms with van der Waals surface area (Å²) in [5.74, 6) is 0. The van der Waals surface area contributed by atoms with Gasteiger partial charge in [0.25, 0.3) is 0 Å². The highest BCUT2D eigenvalue weighted by atomic mass is 16.5. The molecule has 1 aromatic carbocycles. The van der Waals surface area contributed by atoms with Gasteiger partial charge in [0.15, 0.2) is 0 Å². The summed E-state index contributed by atoms with van der Waals surface area (Å²) in [6.07, 6.45) is 8.92. The van der Waals surface area contributed by atoms with E-state index >= 15 is 0 Å². The van der Waals surface area contributed by atoms with Crippen molar-refractivity contribution in [1.29, 1.82) is 0 Å². The first kappa shape index (κ1) is 14.1. The van der Waals surface area contributed by atoms with Crippen LogP contribution in [0, 0.1) is 0 Å². The van der Waals surface area contributed by atoms with Gasteiger partial charge < -0.3 is 10.1 Å². The van der Waals surface area contributed by atoms with Crippen LogP contribution in [-0.4, -0.2) is 29.0 Å². The number of methoxy groups -OCH3 is 1. The lowest BCUT2D eigenvalue weighted by atomic mass is 9.92. The van der Waals surface area contributed by atoms with Crippen LogP contribution in [0.5, 0.6) is 0 Å². The highest BCUT2D eigenvalue weighted by molar-refractivity contribution is 5.51. The van der Waals surface area contributed by atoms with Crippen LogP contribution in [0.4, 0.5) is 5.69 Å². The Labute approximate surface area is 126 Å². The summed E-state index contributed by atoms with van der Waals surface area (Å²) >= 11 is 0. The number of ether oxygens (including phenoxy) is 1. The standard InChI is InChI=1S/C17H23N3O/c1-21-16-9-7-15(8-10-16)19-17-6-3-2-5-14(17)13-20-12-4-11-18-20/h2-6,11-12,15-16,19H,7-10,13H2,1H3. The van der Waals surface area contributed by atoms with Crippen LogP contribution in [-0.2, 0) is 11.3 Å². The van der Waals surface area contributed by atoms with Crippen molar-refractivity contribution in [2.75, 3.05) is 12.4 Å². The molecule has 1 aliphatic rings. The Morgan fingerprint density at radius 1 is 1.19 bits per heavy atom. The van der Waals surface area contributed by atoms with Gasteiger partial charge in [0.1, 0.15) is 0 Å². The molecule has 1 fully saturated rings. The van der Waals surface area contributed by atoms with Crippen LogP contribution < -0.4 is 5.32 Å². The first-order valence-corrected chi connectivity index (χ1v) is 7.70. The first-order valence-electron chi connectivity index (χ1n) is 7.70. The van der Waals surface area contributed by atoms with E-state index in [9.17, 15) is 0 Å². The van der Waals surface area contributed by atoms with Gasteiger partial charge in [0.05, 0.1) is 12.6 Å². The monoisotopic (exact) mass is 285 g/mol. The van der Waals surface area contributed by atoms with E-state index in [4.69, 9.17) is 4.74 Å². The van der Waals surface area contributed by atoms with Gasteiger partial charge >= 0.3 is 0 Å². The van der Waals surface area contributed by atoms with Gasteiger partial charge in [-0.2, -0.15) is 5.10 Å².